The first kappa shape index (κ1) is 6.45. The summed E-state index contributed by atoms with van der Waals surface area (Å²) in [5.41, 5.74) is 0. The van der Waals surface area contributed by atoms with E-state index in [4.69, 9.17) is 17.0 Å². The molecule has 0 aromatic heterocycles. The van der Waals surface area contributed by atoms with Crippen LogP contribution in [0, 0.1) is 5.39 Å². The molecule has 0 saturated carbocycles. The fourth-order valence-electron chi connectivity index (χ4n) is 0.154. The molecule has 0 fully saturated rings. The molecule has 0 aliphatic heterocycles. The summed E-state index contributed by atoms with van der Waals surface area (Å²) in [4.78, 5) is 2.71. The Morgan fingerprint density at radius 2 is 2.57 bits per heavy atom. The van der Waals surface area contributed by atoms with Gasteiger partial charge in [0.25, 0.3) is 0 Å². The minimum Gasteiger partial charge on any atom is -0.0811 e. The molecule has 0 heterocycles. The maximum Gasteiger partial charge on any atom is 0.364 e. The highest BCUT2D eigenvalue weighted by Gasteiger charge is 1.90. The number of allylic oxidation sites excluding steroid dienone is 1. The zero-order chi connectivity index (χ0) is 5.70. The molecule has 0 unspecified atom stereocenters. The zero-order valence-corrected chi connectivity index (χ0v) is 4.81. The molecule has 0 saturated heterocycles. The van der Waals surface area contributed by atoms with Gasteiger partial charge in [-0.3, -0.25) is 0 Å². The highest BCUT2D eigenvalue weighted by Crippen LogP contribution is 2.04. The number of halogens is 1. The lowest BCUT2D eigenvalue weighted by atomic mass is 10.5. The topological polar surface area (TPSA) is 28.1 Å². The predicted octanol–water partition coefficient (Wildman–Crippen LogP) is 2.33. The van der Waals surface area contributed by atoms with E-state index in [1.54, 1.807) is 0 Å². The van der Waals surface area contributed by atoms with Crippen molar-refractivity contribution in [3.63, 3.8) is 0 Å². The molecule has 0 aromatic rings. The second-order valence-corrected chi connectivity index (χ2v) is 1.53. The SMILES string of the molecule is CC/C(Cl)=C\[N+]#N. The molecule has 0 aromatic carbocycles. The van der Waals surface area contributed by atoms with E-state index in [1.807, 2.05) is 6.92 Å². The van der Waals surface area contributed by atoms with Crippen LogP contribution in [0.25, 0.3) is 4.98 Å². The quantitative estimate of drug-likeness (QED) is 0.485. The van der Waals surface area contributed by atoms with Crippen molar-refractivity contribution in [2.75, 3.05) is 0 Å². The zero-order valence-electron chi connectivity index (χ0n) is 4.06. The number of diazo groups is 1. The van der Waals surface area contributed by atoms with E-state index >= 15 is 0 Å². The first-order valence-electron chi connectivity index (χ1n) is 2.00. The second kappa shape index (κ2) is 3.63. The van der Waals surface area contributed by atoms with Crippen molar-refractivity contribution in [2.24, 2.45) is 0 Å². The summed E-state index contributed by atoms with van der Waals surface area (Å²) in [6.45, 7) is 1.88. The third-order valence-corrected chi connectivity index (χ3v) is 0.900. The monoisotopic (exact) mass is 117 g/mol. The summed E-state index contributed by atoms with van der Waals surface area (Å²) < 4.78 is 0. The summed E-state index contributed by atoms with van der Waals surface area (Å²) in [7, 11) is 0. The summed E-state index contributed by atoms with van der Waals surface area (Å²) in [6.07, 6.45) is 1.92. The van der Waals surface area contributed by atoms with Crippen LogP contribution in [0.5, 0.6) is 0 Å². The maximum absolute atomic E-state index is 7.83. The second-order valence-electron chi connectivity index (χ2n) is 1.04. The fraction of sp³-hybridized carbons (Fsp3) is 0.500. The summed E-state index contributed by atoms with van der Waals surface area (Å²) in [5, 5.41) is 8.39. The smallest absolute Gasteiger partial charge is 0.0811 e. The minimum atomic E-state index is 0.558. The van der Waals surface area contributed by atoms with E-state index in [2.05, 4.69) is 4.98 Å². The largest absolute Gasteiger partial charge is 0.364 e. The van der Waals surface area contributed by atoms with E-state index in [0.717, 1.165) is 0 Å². The van der Waals surface area contributed by atoms with Crippen molar-refractivity contribution in [1.29, 1.82) is 5.39 Å². The Morgan fingerprint density at radius 3 is 2.71 bits per heavy atom. The molecule has 2 nitrogen and oxygen atoms in total. The molecule has 0 amide bonds. The van der Waals surface area contributed by atoms with Crippen molar-refractivity contribution in [2.45, 2.75) is 13.3 Å². The summed E-state index contributed by atoms with van der Waals surface area (Å²) >= 11 is 5.37. The number of nitrogens with zero attached hydrogens (tertiary/aromatic N) is 2. The van der Waals surface area contributed by atoms with Gasteiger partial charge in [-0.05, 0) is 6.42 Å². The number of hydrogen-bond acceptors (Lipinski definition) is 1. The Hall–Kier alpha value is -0.550. The molecule has 38 valence electrons. The third-order valence-electron chi connectivity index (χ3n) is 0.536. The lowest BCUT2D eigenvalue weighted by Crippen LogP contribution is -1.59. The molecule has 0 N–H and O–H groups in total. The summed E-state index contributed by atoms with van der Waals surface area (Å²) in [6, 6.07) is 0. The van der Waals surface area contributed by atoms with E-state index < -0.39 is 0 Å². The molecule has 0 aliphatic carbocycles. The Kier molecular flexibility index (Phi) is 3.35. The van der Waals surface area contributed by atoms with Gasteiger partial charge in [-0.15, -0.1) is 0 Å². The summed E-state index contributed by atoms with van der Waals surface area (Å²) in [5.74, 6) is 0. The van der Waals surface area contributed by atoms with E-state index in [-0.39, 0.29) is 0 Å². The Morgan fingerprint density at radius 1 is 2.00 bits per heavy atom. The van der Waals surface area contributed by atoms with Crippen molar-refractivity contribution >= 4 is 11.6 Å². The van der Waals surface area contributed by atoms with Crippen molar-refractivity contribution < 1.29 is 0 Å². The average molecular weight is 118 g/mol. The van der Waals surface area contributed by atoms with Crippen molar-refractivity contribution in [3.8, 4) is 0 Å². The Balaban J connectivity index is 3.56. The molecule has 0 aliphatic rings. The average Bonchev–Trinajstić information content (AvgIpc) is 1.68. The van der Waals surface area contributed by atoms with E-state index in [1.165, 1.54) is 6.20 Å². The predicted molar refractivity (Wildman–Crippen MR) is 29.3 cm³/mol. The van der Waals surface area contributed by atoms with Gasteiger partial charge >= 0.3 is 6.20 Å². The van der Waals surface area contributed by atoms with Gasteiger partial charge in [-0.25, -0.2) is 0 Å². The van der Waals surface area contributed by atoms with Gasteiger partial charge in [0.1, 0.15) is 5.03 Å². The number of hydrogen-bond donors (Lipinski definition) is 0. The van der Waals surface area contributed by atoms with Gasteiger partial charge in [0.15, 0.2) is 4.98 Å². The molecule has 3 heteroatoms. The number of rotatable bonds is 1. The van der Waals surface area contributed by atoms with Crippen LogP contribution in [-0.4, -0.2) is 0 Å². The van der Waals surface area contributed by atoms with Gasteiger partial charge in [0.2, 0.25) is 5.39 Å². The first-order chi connectivity index (χ1) is 3.31. The molecule has 7 heavy (non-hydrogen) atoms. The van der Waals surface area contributed by atoms with Crippen LogP contribution >= 0.6 is 11.6 Å². The van der Waals surface area contributed by atoms with Crippen LogP contribution in [0.2, 0.25) is 0 Å². The van der Waals surface area contributed by atoms with Crippen LogP contribution in [-0.2, 0) is 0 Å². The molecule has 0 spiro atoms. The molecule has 0 rings (SSSR count). The lowest BCUT2D eigenvalue weighted by molar-refractivity contribution is 1.19. The van der Waals surface area contributed by atoms with E-state index in [9.17, 15) is 0 Å². The molecular formula is C4H6ClN2+. The van der Waals surface area contributed by atoms with Gasteiger partial charge < -0.3 is 0 Å². The van der Waals surface area contributed by atoms with Gasteiger partial charge in [-0.2, -0.15) is 0 Å². The first-order valence-corrected chi connectivity index (χ1v) is 2.37. The van der Waals surface area contributed by atoms with Crippen LogP contribution in [0.3, 0.4) is 0 Å². The van der Waals surface area contributed by atoms with Crippen LogP contribution < -0.4 is 0 Å². The van der Waals surface area contributed by atoms with Crippen molar-refractivity contribution in [3.05, 3.63) is 16.2 Å². The molecular weight excluding hydrogens is 112 g/mol. The van der Waals surface area contributed by atoms with Crippen LogP contribution in [0.4, 0.5) is 0 Å². The highest BCUT2D eigenvalue weighted by atomic mass is 35.5. The van der Waals surface area contributed by atoms with Crippen molar-refractivity contribution in [1.82, 2.24) is 0 Å². The minimum absolute atomic E-state index is 0.558. The maximum atomic E-state index is 7.83. The van der Waals surface area contributed by atoms with Gasteiger partial charge in [0, 0.05) is 0 Å². The Labute approximate surface area is 47.4 Å². The molecule has 0 bridgehead atoms. The highest BCUT2D eigenvalue weighted by molar-refractivity contribution is 6.29. The van der Waals surface area contributed by atoms with Gasteiger partial charge in [0.05, 0.1) is 0 Å². The fourth-order valence-corrected chi connectivity index (χ4v) is 0.198. The Bertz CT molecular complexity index is 111. The van der Waals surface area contributed by atoms with Crippen LogP contribution in [0.1, 0.15) is 13.3 Å². The van der Waals surface area contributed by atoms with Crippen LogP contribution in [0.15, 0.2) is 11.2 Å². The van der Waals surface area contributed by atoms with E-state index in [0.29, 0.717) is 11.5 Å². The molecule has 0 radical (unpaired) electrons. The normalized spacial score (nSPS) is 10.7. The standard InChI is InChI=1S/C4H6ClN2/c1-2-4(5)3-7-6/h3H,2H2,1H3/q+1/b4-3+. The lowest BCUT2D eigenvalue weighted by Gasteiger charge is -1.73. The third kappa shape index (κ3) is 3.28. The van der Waals surface area contributed by atoms with Gasteiger partial charge in [-0.1, -0.05) is 18.5 Å². The molecule has 0 atom stereocenters.